The molecule has 3 heteroatoms. The second-order valence-corrected chi connectivity index (χ2v) is 6.50. The van der Waals surface area contributed by atoms with Crippen LogP contribution in [0.25, 0.3) is 0 Å². The third-order valence-corrected chi connectivity index (χ3v) is 4.84. The summed E-state index contributed by atoms with van der Waals surface area (Å²) in [5, 5.41) is 3.72. The predicted molar refractivity (Wildman–Crippen MR) is 91.3 cm³/mol. The summed E-state index contributed by atoms with van der Waals surface area (Å²) in [5.41, 5.74) is 2.67. The molecule has 0 radical (unpaired) electrons. The number of benzene rings is 1. The average molecular weight is 287 g/mol. The number of piperidine rings is 1. The number of hydrogen-bond donors (Lipinski definition) is 1. The van der Waals surface area contributed by atoms with Gasteiger partial charge in [-0.3, -0.25) is 0 Å². The van der Waals surface area contributed by atoms with Crippen LogP contribution in [-0.2, 0) is 0 Å². The first-order valence-corrected chi connectivity index (χ1v) is 8.69. The molecule has 0 aliphatic carbocycles. The van der Waals surface area contributed by atoms with Crippen LogP contribution >= 0.6 is 0 Å². The Morgan fingerprint density at radius 2 is 1.67 bits per heavy atom. The van der Waals surface area contributed by atoms with Crippen molar-refractivity contribution in [1.29, 1.82) is 0 Å². The van der Waals surface area contributed by atoms with Gasteiger partial charge in [0.2, 0.25) is 0 Å². The Labute approximate surface area is 129 Å². The van der Waals surface area contributed by atoms with E-state index in [1.165, 1.54) is 76.2 Å². The predicted octanol–water partition coefficient (Wildman–Crippen LogP) is 3.57. The number of hydrogen-bond acceptors (Lipinski definition) is 3. The molecule has 21 heavy (non-hydrogen) atoms. The van der Waals surface area contributed by atoms with E-state index in [2.05, 4.69) is 46.3 Å². The minimum atomic E-state index is 0.649. The van der Waals surface area contributed by atoms with E-state index in [1.807, 2.05) is 0 Å². The Morgan fingerprint density at radius 3 is 2.29 bits per heavy atom. The third-order valence-electron chi connectivity index (χ3n) is 4.84. The molecule has 3 nitrogen and oxygen atoms in total. The summed E-state index contributed by atoms with van der Waals surface area (Å²) in [4.78, 5) is 5.08. The summed E-state index contributed by atoms with van der Waals surface area (Å²) >= 11 is 0. The van der Waals surface area contributed by atoms with E-state index < -0.39 is 0 Å². The highest BCUT2D eigenvalue weighted by Gasteiger charge is 2.18. The summed E-state index contributed by atoms with van der Waals surface area (Å²) in [6, 6.07) is 9.72. The zero-order valence-electron chi connectivity index (χ0n) is 13.4. The van der Waals surface area contributed by atoms with Crippen LogP contribution in [-0.4, -0.2) is 43.7 Å². The fourth-order valence-corrected chi connectivity index (χ4v) is 3.60. The van der Waals surface area contributed by atoms with Gasteiger partial charge in [0.05, 0.1) is 0 Å². The summed E-state index contributed by atoms with van der Waals surface area (Å²) in [7, 11) is 0. The number of likely N-dealkylation sites (tertiary alicyclic amines) is 1. The van der Waals surface area contributed by atoms with Gasteiger partial charge >= 0.3 is 0 Å². The molecular weight excluding hydrogens is 258 g/mol. The largest absolute Gasteiger partial charge is 0.382 e. The van der Waals surface area contributed by atoms with Gasteiger partial charge in [-0.1, -0.05) is 6.92 Å². The normalized spacial score (nSPS) is 20.9. The van der Waals surface area contributed by atoms with Gasteiger partial charge in [-0.2, -0.15) is 0 Å². The molecule has 1 N–H and O–H groups in total. The molecule has 0 atom stereocenters. The fraction of sp³-hybridized carbons (Fsp3) is 0.667. The van der Waals surface area contributed by atoms with Gasteiger partial charge in [-0.15, -0.1) is 0 Å². The molecule has 0 spiro atoms. The second-order valence-electron chi connectivity index (χ2n) is 6.50. The maximum atomic E-state index is 3.72. The maximum Gasteiger partial charge on any atom is 0.0367 e. The lowest BCUT2D eigenvalue weighted by atomic mass is 10.0. The van der Waals surface area contributed by atoms with Crippen molar-refractivity contribution in [1.82, 2.24) is 4.90 Å². The van der Waals surface area contributed by atoms with Crippen LogP contribution in [0.4, 0.5) is 11.4 Å². The lowest BCUT2D eigenvalue weighted by Gasteiger charge is -2.32. The van der Waals surface area contributed by atoms with Gasteiger partial charge in [0, 0.05) is 43.6 Å². The molecule has 0 unspecified atom stereocenters. The Hall–Kier alpha value is -1.22. The molecule has 0 amide bonds. The van der Waals surface area contributed by atoms with Gasteiger partial charge in [0.25, 0.3) is 0 Å². The van der Waals surface area contributed by atoms with E-state index in [1.54, 1.807) is 0 Å². The second kappa shape index (κ2) is 7.17. The maximum absolute atomic E-state index is 3.72. The van der Waals surface area contributed by atoms with Gasteiger partial charge in [0.15, 0.2) is 0 Å². The van der Waals surface area contributed by atoms with Crippen LogP contribution in [0.3, 0.4) is 0 Å². The summed E-state index contributed by atoms with van der Waals surface area (Å²) in [6.45, 7) is 8.48. The summed E-state index contributed by atoms with van der Waals surface area (Å²) in [5.74, 6) is 0. The Balaban J connectivity index is 1.49. The molecule has 2 aliphatic rings. The van der Waals surface area contributed by atoms with Gasteiger partial charge in [-0.05, 0) is 62.9 Å². The van der Waals surface area contributed by atoms with Crippen LogP contribution in [0.1, 0.15) is 39.0 Å². The molecule has 3 rings (SSSR count). The molecular formula is C18H29N3. The molecule has 0 bridgehead atoms. The molecule has 0 aromatic heterocycles. The molecule has 2 heterocycles. The molecule has 2 saturated heterocycles. The molecule has 1 aromatic rings. The van der Waals surface area contributed by atoms with E-state index in [9.17, 15) is 0 Å². The van der Waals surface area contributed by atoms with Crippen LogP contribution in [0.15, 0.2) is 24.3 Å². The van der Waals surface area contributed by atoms with Crippen LogP contribution < -0.4 is 10.2 Å². The van der Waals surface area contributed by atoms with E-state index in [-0.39, 0.29) is 0 Å². The van der Waals surface area contributed by atoms with Crippen LogP contribution in [0.2, 0.25) is 0 Å². The van der Waals surface area contributed by atoms with Crippen molar-refractivity contribution < 1.29 is 0 Å². The van der Waals surface area contributed by atoms with Gasteiger partial charge < -0.3 is 15.1 Å². The number of nitrogens with one attached hydrogen (secondary N) is 1. The lowest BCUT2D eigenvalue weighted by Crippen LogP contribution is -2.39. The van der Waals surface area contributed by atoms with E-state index >= 15 is 0 Å². The van der Waals surface area contributed by atoms with Gasteiger partial charge in [-0.25, -0.2) is 0 Å². The standard InChI is InChI=1S/C18H29N3/c1-2-11-20-14-9-17(10-15-20)19-16-5-7-18(8-6-16)21-12-3-4-13-21/h5-8,17,19H,2-4,9-15H2,1H3. The van der Waals surface area contributed by atoms with E-state index in [0.29, 0.717) is 6.04 Å². The monoisotopic (exact) mass is 287 g/mol. The molecule has 0 saturated carbocycles. The first-order valence-electron chi connectivity index (χ1n) is 8.69. The van der Waals surface area contributed by atoms with Crippen LogP contribution in [0, 0.1) is 0 Å². The van der Waals surface area contributed by atoms with Crippen molar-refractivity contribution in [3.8, 4) is 0 Å². The van der Waals surface area contributed by atoms with Crippen molar-refractivity contribution in [3.63, 3.8) is 0 Å². The van der Waals surface area contributed by atoms with Crippen molar-refractivity contribution in [2.45, 2.75) is 45.1 Å². The highest BCUT2D eigenvalue weighted by atomic mass is 15.1. The SMILES string of the molecule is CCCN1CCC(Nc2ccc(N3CCCC3)cc2)CC1. The Kier molecular flexibility index (Phi) is 5.02. The minimum absolute atomic E-state index is 0.649. The van der Waals surface area contributed by atoms with Crippen molar-refractivity contribution >= 4 is 11.4 Å². The lowest BCUT2D eigenvalue weighted by molar-refractivity contribution is 0.219. The topological polar surface area (TPSA) is 18.5 Å². The van der Waals surface area contributed by atoms with E-state index in [0.717, 1.165) is 0 Å². The number of rotatable bonds is 5. The summed E-state index contributed by atoms with van der Waals surface area (Å²) < 4.78 is 0. The number of nitrogens with zero attached hydrogens (tertiary/aromatic N) is 2. The first kappa shape index (κ1) is 14.7. The zero-order chi connectivity index (χ0) is 14.5. The third kappa shape index (κ3) is 3.91. The first-order chi connectivity index (χ1) is 10.3. The van der Waals surface area contributed by atoms with Crippen molar-refractivity contribution in [3.05, 3.63) is 24.3 Å². The smallest absolute Gasteiger partial charge is 0.0367 e. The molecule has 2 fully saturated rings. The summed E-state index contributed by atoms with van der Waals surface area (Å²) in [6.07, 6.45) is 6.50. The highest BCUT2D eigenvalue weighted by molar-refractivity contribution is 5.55. The minimum Gasteiger partial charge on any atom is -0.382 e. The van der Waals surface area contributed by atoms with Crippen LogP contribution in [0.5, 0.6) is 0 Å². The molecule has 1 aromatic carbocycles. The zero-order valence-corrected chi connectivity index (χ0v) is 13.4. The Morgan fingerprint density at radius 1 is 1.00 bits per heavy atom. The average Bonchev–Trinajstić information content (AvgIpc) is 3.05. The van der Waals surface area contributed by atoms with E-state index in [4.69, 9.17) is 0 Å². The highest BCUT2D eigenvalue weighted by Crippen LogP contribution is 2.23. The quantitative estimate of drug-likeness (QED) is 0.893. The van der Waals surface area contributed by atoms with Crippen molar-refractivity contribution in [2.24, 2.45) is 0 Å². The Bertz CT molecular complexity index is 415. The molecule has 2 aliphatic heterocycles. The molecule has 116 valence electrons. The fourth-order valence-electron chi connectivity index (χ4n) is 3.60. The van der Waals surface area contributed by atoms with Gasteiger partial charge in [0.1, 0.15) is 0 Å². The van der Waals surface area contributed by atoms with Crippen molar-refractivity contribution in [2.75, 3.05) is 42.9 Å². The number of anilines is 2.